The van der Waals surface area contributed by atoms with Crippen molar-refractivity contribution in [2.45, 2.75) is 37.8 Å². The molecule has 1 heterocycles. The van der Waals surface area contributed by atoms with E-state index in [0.29, 0.717) is 31.9 Å². The fraction of sp³-hybridized carbons (Fsp3) is 0.391. The summed E-state index contributed by atoms with van der Waals surface area (Å²) in [7, 11) is -3.90. The molecule has 10 heteroatoms. The highest BCUT2D eigenvalue weighted by atomic mass is 32.2. The Morgan fingerprint density at radius 2 is 1.67 bits per heavy atom. The van der Waals surface area contributed by atoms with Gasteiger partial charge >= 0.3 is 0 Å². The summed E-state index contributed by atoms with van der Waals surface area (Å²) < 4.78 is 41.0. The van der Waals surface area contributed by atoms with Gasteiger partial charge in [0.2, 0.25) is 21.8 Å². The van der Waals surface area contributed by atoms with Crippen molar-refractivity contribution in [3.05, 3.63) is 59.9 Å². The summed E-state index contributed by atoms with van der Waals surface area (Å²) in [4.78, 5) is 27.9. The lowest BCUT2D eigenvalue weighted by molar-refractivity contribution is -0.132. The van der Waals surface area contributed by atoms with Gasteiger partial charge in [-0.1, -0.05) is 12.1 Å². The van der Waals surface area contributed by atoms with Crippen molar-refractivity contribution in [1.82, 2.24) is 14.5 Å². The first kappa shape index (κ1) is 24.8. The Kier molecular flexibility index (Phi) is 8.17. The third-order valence-electron chi connectivity index (χ3n) is 5.41. The van der Waals surface area contributed by atoms with Crippen molar-refractivity contribution in [1.29, 1.82) is 0 Å². The number of hydrogen-bond donors (Lipinski definition) is 2. The number of carbonyl (C=O) groups is 2. The van der Waals surface area contributed by atoms with Crippen molar-refractivity contribution < 1.29 is 22.4 Å². The van der Waals surface area contributed by atoms with E-state index in [4.69, 9.17) is 0 Å². The second-order valence-electron chi connectivity index (χ2n) is 8.13. The van der Waals surface area contributed by atoms with E-state index < -0.39 is 16.1 Å². The zero-order valence-corrected chi connectivity index (χ0v) is 19.6. The van der Waals surface area contributed by atoms with Crippen LogP contribution in [-0.2, 0) is 26.2 Å². The molecule has 0 spiro atoms. The molecule has 2 aromatic carbocycles. The summed E-state index contributed by atoms with van der Waals surface area (Å²) in [5, 5.41) is 2.58. The van der Waals surface area contributed by atoms with Gasteiger partial charge in [0.25, 0.3) is 0 Å². The predicted octanol–water partition coefficient (Wildman–Crippen LogP) is 2.19. The van der Waals surface area contributed by atoms with Gasteiger partial charge in [-0.2, -0.15) is 4.72 Å². The lowest BCUT2D eigenvalue weighted by atomic mass is 10.2. The minimum atomic E-state index is -3.90. The first-order valence-corrected chi connectivity index (χ1v) is 12.3. The van der Waals surface area contributed by atoms with Gasteiger partial charge in [-0.05, 0) is 55.3 Å². The number of sulfonamides is 1. The van der Waals surface area contributed by atoms with E-state index in [1.54, 1.807) is 17.0 Å². The van der Waals surface area contributed by atoms with Gasteiger partial charge in [-0.3, -0.25) is 14.5 Å². The molecule has 0 radical (unpaired) electrons. The topological polar surface area (TPSA) is 98.8 Å². The zero-order valence-electron chi connectivity index (χ0n) is 18.8. The van der Waals surface area contributed by atoms with Crippen molar-refractivity contribution in [2.24, 2.45) is 0 Å². The molecule has 1 atom stereocenters. The molecular weight excluding hydrogens is 447 g/mol. The Bertz CT molecular complexity index is 1070. The van der Waals surface area contributed by atoms with Crippen LogP contribution in [0.15, 0.2) is 53.4 Å². The van der Waals surface area contributed by atoms with E-state index in [9.17, 15) is 22.4 Å². The molecule has 0 unspecified atom stereocenters. The third kappa shape index (κ3) is 7.08. The first-order valence-electron chi connectivity index (χ1n) is 10.8. The van der Waals surface area contributed by atoms with E-state index in [2.05, 4.69) is 14.9 Å². The average molecular weight is 477 g/mol. The maximum atomic E-state index is 13.1. The van der Waals surface area contributed by atoms with Gasteiger partial charge in [0.15, 0.2) is 0 Å². The van der Waals surface area contributed by atoms with Crippen LogP contribution in [0.1, 0.15) is 25.8 Å². The van der Waals surface area contributed by atoms with Crippen LogP contribution in [-0.4, -0.2) is 62.3 Å². The molecule has 1 fully saturated rings. The number of amides is 2. The maximum Gasteiger partial charge on any atom is 0.241 e. The summed E-state index contributed by atoms with van der Waals surface area (Å²) in [6, 6.07) is 11.2. The molecule has 3 rings (SSSR count). The largest absolute Gasteiger partial charge is 0.340 e. The predicted molar refractivity (Wildman–Crippen MR) is 123 cm³/mol. The molecule has 33 heavy (non-hydrogen) atoms. The number of carbonyl (C=O) groups excluding carboxylic acids is 2. The molecule has 0 aliphatic carbocycles. The van der Waals surface area contributed by atoms with Crippen LogP contribution in [0.3, 0.4) is 0 Å². The molecule has 8 nitrogen and oxygen atoms in total. The van der Waals surface area contributed by atoms with Crippen molar-refractivity contribution >= 4 is 27.5 Å². The van der Waals surface area contributed by atoms with Crippen LogP contribution in [0, 0.1) is 5.82 Å². The van der Waals surface area contributed by atoms with Crippen molar-refractivity contribution in [2.75, 3.05) is 31.5 Å². The second kappa shape index (κ2) is 10.9. The number of benzene rings is 2. The molecule has 178 valence electrons. The number of hydrogen-bond acceptors (Lipinski definition) is 5. The van der Waals surface area contributed by atoms with Gasteiger partial charge < -0.3 is 10.2 Å². The van der Waals surface area contributed by atoms with Crippen LogP contribution in [0.4, 0.5) is 10.1 Å². The lowest BCUT2D eigenvalue weighted by Gasteiger charge is -2.25. The van der Waals surface area contributed by atoms with Gasteiger partial charge in [0, 0.05) is 45.3 Å². The van der Waals surface area contributed by atoms with Gasteiger partial charge in [0.05, 0.1) is 10.9 Å². The van der Waals surface area contributed by atoms with Gasteiger partial charge in [-0.15, -0.1) is 0 Å². The lowest BCUT2D eigenvalue weighted by Crippen LogP contribution is -2.47. The highest BCUT2D eigenvalue weighted by molar-refractivity contribution is 7.89. The van der Waals surface area contributed by atoms with E-state index >= 15 is 0 Å². The van der Waals surface area contributed by atoms with Gasteiger partial charge in [-0.25, -0.2) is 12.8 Å². The summed E-state index contributed by atoms with van der Waals surface area (Å²) in [6.45, 7) is 6.03. The van der Waals surface area contributed by atoms with Crippen molar-refractivity contribution in [3.63, 3.8) is 0 Å². The third-order valence-corrected chi connectivity index (χ3v) is 6.96. The number of rotatable bonds is 7. The molecule has 2 aromatic rings. The monoisotopic (exact) mass is 476 g/mol. The first-order chi connectivity index (χ1) is 15.6. The molecule has 2 N–H and O–H groups in total. The fourth-order valence-electron chi connectivity index (χ4n) is 3.74. The van der Waals surface area contributed by atoms with Crippen molar-refractivity contribution in [3.8, 4) is 0 Å². The normalized spacial score (nSPS) is 16.2. The van der Waals surface area contributed by atoms with E-state index in [1.807, 2.05) is 0 Å². The highest BCUT2D eigenvalue weighted by Crippen LogP contribution is 2.15. The Hall–Kier alpha value is -2.82. The van der Waals surface area contributed by atoms with Crippen LogP contribution < -0.4 is 10.0 Å². The molecule has 0 bridgehead atoms. The van der Waals surface area contributed by atoms with E-state index in [1.165, 1.54) is 50.2 Å². The van der Waals surface area contributed by atoms with Crippen LogP contribution >= 0.6 is 0 Å². The number of nitrogens with one attached hydrogen (secondary N) is 2. The van der Waals surface area contributed by atoms with Crippen LogP contribution in [0.25, 0.3) is 0 Å². The molecule has 1 aliphatic rings. The second-order valence-corrected chi connectivity index (χ2v) is 9.84. The number of nitrogens with zero attached hydrogens (tertiary/aromatic N) is 2. The smallest absolute Gasteiger partial charge is 0.241 e. The minimum Gasteiger partial charge on any atom is -0.340 e. The quantitative estimate of drug-likeness (QED) is 0.638. The van der Waals surface area contributed by atoms with E-state index in [-0.39, 0.29) is 22.5 Å². The molecule has 2 amide bonds. The molecular formula is C23H29FN4O4S. The number of anilines is 1. The Morgan fingerprint density at radius 3 is 2.30 bits per heavy atom. The SMILES string of the molecule is CC(=O)Nc1ccc(S(=O)(=O)N[C@@H](C)C(=O)N2CCCN(Cc3ccc(F)cc3)CC2)cc1. The minimum absolute atomic E-state index is 0.0117. The summed E-state index contributed by atoms with van der Waals surface area (Å²) >= 11 is 0. The summed E-state index contributed by atoms with van der Waals surface area (Å²) in [5.41, 5.74) is 1.49. The standard InChI is InChI=1S/C23H29FN4O4S/c1-17(26-33(31,32)22-10-8-21(9-11-22)25-18(2)29)23(30)28-13-3-12-27(14-15-28)16-19-4-6-20(24)7-5-19/h4-11,17,26H,3,12-16H2,1-2H3,(H,25,29)/t17-/m0/s1. The average Bonchev–Trinajstić information content (AvgIpc) is 3.00. The van der Waals surface area contributed by atoms with Gasteiger partial charge in [0.1, 0.15) is 5.82 Å². The maximum absolute atomic E-state index is 13.1. The zero-order chi connectivity index (χ0) is 24.0. The Balaban J connectivity index is 1.56. The summed E-state index contributed by atoms with van der Waals surface area (Å²) in [5.74, 6) is -0.805. The molecule has 0 saturated carbocycles. The summed E-state index contributed by atoms with van der Waals surface area (Å²) in [6.07, 6.45) is 0.761. The van der Waals surface area contributed by atoms with E-state index in [0.717, 1.165) is 18.5 Å². The molecule has 1 aliphatic heterocycles. The Labute approximate surface area is 193 Å². The van der Waals surface area contributed by atoms with Crippen LogP contribution in [0.2, 0.25) is 0 Å². The molecule has 0 aromatic heterocycles. The Morgan fingerprint density at radius 1 is 1.00 bits per heavy atom. The van der Waals surface area contributed by atoms with Crippen LogP contribution in [0.5, 0.6) is 0 Å². The molecule has 1 saturated heterocycles. The fourth-order valence-corrected chi connectivity index (χ4v) is 4.94. The number of halogens is 1. The highest BCUT2D eigenvalue weighted by Gasteiger charge is 2.27.